The second-order valence-corrected chi connectivity index (χ2v) is 4.99. The molecule has 1 aromatic heterocycles. The van der Waals surface area contributed by atoms with Gasteiger partial charge < -0.3 is 5.32 Å². The van der Waals surface area contributed by atoms with E-state index in [0.717, 1.165) is 12.0 Å². The fourth-order valence-corrected chi connectivity index (χ4v) is 2.16. The van der Waals surface area contributed by atoms with Gasteiger partial charge in [-0.2, -0.15) is 0 Å². The molecule has 2 rings (SSSR count). The Labute approximate surface area is 124 Å². The number of carbonyl (C=O) groups is 1. The molecule has 1 amide bonds. The van der Waals surface area contributed by atoms with E-state index in [1.54, 1.807) is 18.3 Å². The van der Waals surface area contributed by atoms with Crippen LogP contribution in [0.4, 0.5) is 0 Å². The summed E-state index contributed by atoms with van der Waals surface area (Å²) in [5, 5.41) is 3.15. The van der Waals surface area contributed by atoms with E-state index in [9.17, 15) is 4.79 Å². The van der Waals surface area contributed by atoms with E-state index in [1.165, 1.54) is 5.56 Å². The van der Waals surface area contributed by atoms with Gasteiger partial charge in [0.25, 0.3) is 5.91 Å². The van der Waals surface area contributed by atoms with Gasteiger partial charge in [0.2, 0.25) is 0 Å². The maximum Gasteiger partial charge on any atom is 0.254 e. The van der Waals surface area contributed by atoms with E-state index >= 15 is 0 Å². The number of rotatable bonds is 4. The zero-order valence-electron chi connectivity index (χ0n) is 11.6. The molecular formula is C16H17ClN2O. The summed E-state index contributed by atoms with van der Waals surface area (Å²) in [6.07, 6.45) is 2.57. The zero-order chi connectivity index (χ0) is 14.5. The highest BCUT2D eigenvalue weighted by atomic mass is 35.5. The Kier molecular flexibility index (Phi) is 4.74. The van der Waals surface area contributed by atoms with Crippen LogP contribution in [-0.2, 0) is 6.42 Å². The molecule has 1 atom stereocenters. The van der Waals surface area contributed by atoms with Gasteiger partial charge in [-0.1, -0.05) is 42.8 Å². The minimum absolute atomic E-state index is 0.0790. The van der Waals surface area contributed by atoms with E-state index in [-0.39, 0.29) is 17.1 Å². The minimum Gasteiger partial charge on any atom is -0.345 e. The Morgan fingerprint density at radius 3 is 2.60 bits per heavy atom. The molecule has 0 aliphatic carbocycles. The molecule has 1 heterocycles. The fourth-order valence-electron chi connectivity index (χ4n) is 1.96. The number of halogens is 1. The predicted molar refractivity (Wildman–Crippen MR) is 80.9 cm³/mol. The SMILES string of the molecule is CCc1ccc(C(C)NC(=O)c2cccnc2Cl)cc1. The summed E-state index contributed by atoms with van der Waals surface area (Å²) in [4.78, 5) is 16.0. The first-order valence-electron chi connectivity index (χ1n) is 6.62. The van der Waals surface area contributed by atoms with Crippen molar-refractivity contribution in [1.82, 2.24) is 10.3 Å². The van der Waals surface area contributed by atoms with E-state index in [0.29, 0.717) is 5.56 Å². The lowest BCUT2D eigenvalue weighted by atomic mass is 10.0. The molecule has 104 valence electrons. The van der Waals surface area contributed by atoms with Crippen LogP contribution < -0.4 is 5.32 Å². The molecule has 1 aromatic carbocycles. The van der Waals surface area contributed by atoms with Gasteiger partial charge in [0.1, 0.15) is 5.15 Å². The van der Waals surface area contributed by atoms with Gasteiger partial charge in [0, 0.05) is 6.20 Å². The van der Waals surface area contributed by atoms with Crippen molar-refractivity contribution in [2.24, 2.45) is 0 Å². The average Bonchev–Trinajstić information content (AvgIpc) is 2.47. The third-order valence-electron chi connectivity index (χ3n) is 3.24. The molecular weight excluding hydrogens is 272 g/mol. The smallest absolute Gasteiger partial charge is 0.254 e. The molecule has 0 saturated carbocycles. The first kappa shape index (κ1) is 14.5. The molecule has 0 spiro atoms. The quantitative estimate of drug-likeness (QED) is 0.870. The molecule has 0 aliphatic rings. The number of hydrogen-bond acceptors (Lipinski definition) is 2. The van der Waals surface area contributed by atoms with Crippen LogP contribution in [0.25, 0.3) is 0 Å². The summed E-state index contributed by atoms with van der Waals surface area (Å²) < 4.78 is 0. The summed E-state index contributed by atoms with van der Waals surface area (Å²) in [6, 6.07) is 11.5. The number of aryl methyl sites for hydroxylation is 1. The molecule has 0 radical (unpaired) electrons. The molecule has 20 heavy (non-hydrogen) atoms. The van der Waals surface area contributed by atoms with Crippen LogP contribution in [0.1, 0.15) is 41.4 Å². The Morgan fingerprint density at radius 1 is 1.30 bits per heavy atom. The third-order valence-corrected chi connectivity index (χ3v) is 3.54. The lowest BCUT2D eigenvalue weighted by Crippen LogP contribution is -2.27. The highest BCUT2D eigenvalue weighted by Gasteiger charge is 2.14. The number of nitrogens with zero attached hydrogens (tertiary/aromatic N) is 1. The number of nitrogens with one attached hydrogen (secondary N) is 1. The Hall–Kier alpha value is -1.87. The van der Waals surface area contributed by atoms with Crippen molar-refractivity contribution in [3.05, 3.63) is 64.4 Å². The third kappa shape index (κ3) is 3.36. The van der Waals surface area contributed by atoms with Gasteiger partial charge in [-0.05, 0) is 36.6 Å². The molecule has 3 nitrogen and oxygen atoms in total. The van der Waals surface area contributed by atoms with Crippen LogP contribution in [0, 0.1) is 0 Å². The molecule has 0 aliphatic heterocycles. The van der Waals surface area contributed by atoms with Crippen LogP contribution in [0.5, 0.6) is 0 Å². The maximum absolute atomic E-state index is 12.1. The van der Waals surface area contributed by atoms with Crippen molar-refractivity contribution < 1.29 is 4.79 Å². The largest absolute Gasteiger partial charge is 0.345 e. The van der Waals surface area contributed by atoms with E-state index in [4.69, 9.17) is 11.6 Å². The summed E-state index contributed by atoms with van der Waals surface area (Å²) in [5.74, 6) is -0.213. The zero-order valence-corrected chi connectivity index (χ0v) is 12.3. The van der Waals surface area contributed by atoms with Gasteiger partial charge in [-0.25, -0.2) is 4.98 Å². The number of benzene rings is 1. The van der Waals surface area contributed by atoms with Crippen molar-refractivity contribution in [1.29, 1.82) is 0 Å². The second kappa shape index (κ2) is 6.53. The molecule has 4 heteroatoms. The standard InChI is InChI=1S/C16H17ClN2O/c1-3-12-6-8-13(9-7-12)11(2)19-16(20)14-5-4-10-18-15(14)17/h4-11H,3H2,1-2H3,(H,19,20). The van der Waals surface area contributed by atoms with Crippen molar-refractivity contribution in [3.63, 3.8) is 0 Å². The van der Waals surface area contributed by atoms with Gasteiger partial charge in [-0.15, -0.1) is 0 Å². The Morgan fingerprint density at radius 2 is 2.00 bits per heavy atom. The summed E-state index contributed by atoms with van der Waals surface area (Å²) >= 11 is 5.92. The van der Waals surface area contributed by atoms with Crippen molar-refractivity contribution in [3.8, 4) is 0 Å². The highest BCUT2D eigenvalue weighted by Crippen LogP contribution is 2.16. The monoisotopic (exact) mass is 288 g/mol. The number of pyridine rings is 1. The Bertz CT molecular complexity index is 596. The maximum atomic E-state index is 12.1. The van der Waals surface area contributed by atoms with E-state index < -0.39 is 0 Å². The van der Waals surface area contributed by atoms with E-state index in [2.05, 4.69) is 29.4 Å². The molecule has 1 N–H and O–H groups in total. The van der Waals surface area contributed by atoms with Crippen LogP contribution in [0.2, 0.25) is 5.15 Å². The predicted octanol–water partition coefficient (Wildman–Crippen LogP) is 3.79. The first-order valence-corrected chi connectivity index (χ1v) is 6.99. The van der Waals surface area contributed by atoms with Crippen molar-refractivity contribution in [2.75, 3.05) is 0 Å². The second-order valence-electron chi connectivity index (χ2n) is 4.63. The Balaban J connectivity index is 2.09. The van der Waals surface area contributed by atoms with Crippen LogP contribution in [0.15, 0.2) is 42.6 Å². The lowest BCUT2D eigenvalue weighted by molar-refractivity contribution is 0.0939. The molecule has 0 fully saturated rings. The van der Waals surface area contributed by atoms with Gasteiger partial charge in [0.05, 0.1) is 11.6 Å². The molecule has 1 unspecified atom stereocenters. The van der Waals surface area contributed by atoms with Crippen molar-refractivity contribution >= 4 is 17.5 Å². The number of aromatic nitrogens is 1. The lowest BCUT2D eigenvalue weighted by Gasteiger charge is -2.15. The van der Waals surface area contributed by atoms with Gasteiger partial charge in [-0.3, -0.25) is 4.79 Å². The summed E-state index contributed by atoms with van der Waals surface area (Å²) in [7, 11) is 0. The van der Waals surface area contributed by atoms with E-state index in [1.807, 2.05) is 19.1 Å². The van der Waals surface area contributed by atoms with Gasteiger partial charge in [0.15, 0.2) is 0 Å². The van der Waals surface area contributed by atoms with Crippen LogP contribution in [0.3, 0.4) is 0 Å². The molecule has 0 bridgehead atoms. The topological polar surface area (TPSA) is 42.0 Å². The van der Waals surface area contributed by atoms with Crippen LogP contribution >= 0.6 is 11.6 Å². The van der Waals surface area contributed by atoms with Crippen molar-refractivity contribution in [2.45, 2.75) is 26.3 Å². The average molecular weight is 289 g/mol. The first-order chi connectivity index (χ1) is 9.61. The molecule has 0 saturated heterocycles. The number of amides is 1. The summed E-state index contributed by atoms with van der Waals surface area (Å²) in [6.45, 7) is 4.06. The highest BCUT2D eigenvalue weighted by molar-refractivity contribution is 6.32. The normalized spacial score (nSPS) is 11.9. The molecule has 2 aromatic rings. The van der Waals surface area contributed by atoms with Gasteiger partial charge >= 0.3 is 0 Å². The minimum atomic E-state index is -0.213. The number of carbonyl (C=O) groups excluding carboxylic acids is 1. The summed E-state index contributed by atoms with van der Waals surface area (Å²) in [5.41, 5.74) is 2.74. The number of hydrogen-bond donors (Lipinski definition) is 1. The fraction of sp³-hybridized carbons (Fsp3) is 0.250. The van der Waals surface area contributed by atoms with Crippen LogP contribution in [-0.4, -0.2) is 10.9 Å².